The zero-order valence-corrected chi connectivity index (χ0v) is 11.7. The number of nitrogens with two attached hydrogens (primary N) is 1. The van der Waals surface area contributed by atoms with Gasteiger partial charge in [-0.05, 0) is 26.2 Å². The molecule has 0 fully saturated rings. The van der Waals surface area contributed by atoms with Crippen molar-refractivity contribution in [3.05, 3.63) is 11.7 Å². The molecule has 6 nitrogen and oxygen atoms in total. The number of aliphatic hydroxyl groups is 1. The van der Waals surface area contributed by atoms with Crippen molar-refractivity contribution >= 4 is 17.5 Å². The highest BCUT2D eigenvalue weighted by molar-refractivity contribution is 5.65. The summed E-state index contributed by atoms with van der Waals surface area (Å²) in [7, 11) is 0. The van der Waals surface area contributed by atoms with Crippen LogP contribution in [0.15, 0.2) is 5.83 Å². The molecule has 1 unspecified atom stereocenters. The van der Waals surface area contributed by atoms with Crippen LogP contribution in [-0.2, 0) is 0 Å². The monoisotopic (exact) mass is 321 g/mol. The van der Waals surface area contributed by atoms with Gasteiger partial charge in [0.15, 0.2) is 5.82 Å². The SMILES string of the molecule is C[C@@H](Nc1nc(N)nc(C2=C(F)C(O)CCC2)n1)C(F)(F)F. The smallest absolute Gasteiger partial charge is 0.386 e. The summed E-state index contributed by atoms with van der Waals surface area (Å²) < 4.78 is 51.5. The van der Waals surface area contributed by atoms with Crippen molar-refractivity contribution in [2.45, 2.75) is 44.5 Å². The van der Waals surface area contributed by atoms with E-state index >= 15 is 0 Å². The Morgan fingerprint density at radius 2 is 2.00 bits per heavy atom. The molecule has 4 N–H and O–H groups in total. The molecule has 0 saturated carbocycles. The van der Waals surface area contributed by atoms with Gasteiger partial charge in [0.2, 0.25) is 11.9 Å². The standard InChI is InChI=1S/C12H15F4N5O/c1-5(12(14,15)16)18-11-20-9(19-10(17)21-11)6-3-2-4-7(22)8(6)13/h5,7,22H,2-4H2,1H3,(H3,17,18,19,20,21)/t5-,7?/m1/s1. The normalized spacial score (nSPS) is 20.9. The first-order valence-corrected chi connectivity index (χ1v) is 6.60. The Labute approximate surface area is 123 Å². The fraction of sp³-hybridized carbons (Fsp3) is 0.583. The number of rotatable bonds is 3. The van der Waals surface area contributed by atoms with Gasteiger partial charge in [-0.25, -0.2) is 4.39 Å². The summed E-state index contributed by atoms with van der Waals surface area (Å²) in [5, 5.41) is 11.6. The third-order valence-corrected chi connectivity index (χ3v) is 3.24. The molecule has 22 heavy (non-hydrogen) atoms. The van der Waals surface area contributed by atoms with Crippen LogP contribution >= 0.6 is 0 Å². The maximum atomic E-state index is 13.9. The van der Waals surface area contributed by atoms with Gasteiger partial charge in [0.25, 0.3) is 0 Å². The topological polar surface area (TPSA) is 97.0 Å². The zero-order valence-electron chi connectivity index (χ0n) is 11.7. The molecule has 122 valence electrons. The van der Waals surface area contributed by atoms with E-state index in [1.165, 1.54) is 0 Å². The number of halogens is 4. The second-order valence-corrected chi connectivity index (χ2v) is 4.98. The van der Waals surface area contributed by atoms with Crippen molar-refractivity contribution in [1.82, 2.24) is 15.0 Å². The highest BCUT2D eigenvalue weighted by atomic mass is 19.4. The van der Waals surface area contributed by atoms with E-state index in [-0.39, 0.29) is 30.2 Å². The Morgan fingerprint density at radius 3 is 2.64 bits per heavy atom. The minimum Gasteiger partial charge on any atom is -0.386 e. The third-order valence-electron chi connectivity index (χ3n) is 3.24. The average molecular weight is 321 g/mol. The molecule has 0 radical (unpaired) electrons. The van der Waals surface area contributed by atoms with E-state index in [1.807, 2.05) is 0 Å². The van der Waals surface area contributed by atoms with Crippen LogP contribution in [0, 0.1) is 0 Å². The van der Waals surface area contributed by atoms with Gasteiger partial charge in [0, 0.05) is 5.57 Å². The van der Waals surface area contributed by atoms with Crippen molar-refractivity contribution in [1.29, 1.82) is 0 Å². The van der Waals surface area contributed by atoms with Crippen molar-refractivity contribution in [2.75, 3.05) is 11.1 Å². The predicted octanol–water partition coefficient (Wildman–Crippen LogP) is 2.04. The van der Waals surface area contributed by atoms with Crippen LogP contribution in [0.5, 0.6) is 0 Å². The van der Waals surface area contributed by atoms with Crippen LogP contribution in [0.25, 0.3) is 5.57 Å². The number of nitrogen functional groups attached to an aromatic ring is 1. The summed E-state index contributed by atoms with van der Waals surface area (Å²) in [6, 6.07) is -1.90. The fourth-order valence-electron chi connectivity index (χ4n) is 2.01. The van der Waals surface area contributed by atoms with Gasteiger partial charge in [-0.1, -0.05) is 0 Å². The van der Waals surface area contributed by atoms with Crippen LogP contribution in [0.3, 0.4) is 0 Å². The number of aliphatic hydroxyl groups excluding tert-OH is 1. The lowest BCUT2D eigenvalue weighted by Gasteiger charge is -2.20. The molecule has 0 aliphatic heterocycles. The van der Waals surface area contributed by atoms with Crippen LogP contribution in [0.2, 0.25) is 0 Å². The lowest BCUT2D eigenvalue weighted by atomic mass is 9.96. The predicted molar refractivity (Wildman–Crippen MR) is 71.3 cm³/mol. The first-order valence-electron chi connectivity index (χ1n) is 6.60. The zero-order chi connectivity index (χ0) is 16.5. The van der Waals surface area contributed by atoms with Gasteiger partial charge in [-0.2, -0.15) is 28.1 Å². The van der Waals surface area contributed by atoms with Crippen molar-refractivity contribution < 1.29 is 22.7 Å². The Balaban J connectivity index is 2.33. The van der Waals surface area contributed by atoms with E-state index in [0.717, 1.165) is 6.92 Å². The van der Waals surface area contributed by atoms with Crippen molar-refractivity contribution in [3.63, 3.8) is 0 Å². The largest absolute Gasteiger partial charge is 0.408 e. The Hall–Kier alpha value is -1.97. The van der Waals surface area contributed by atoms with Crippen LogP contribution in [-0.4, -0.2) is 38.4 Å². The molecule has 1 aliphatic rings. The molecule has 0 aromatic carbocycles. The number of nitrogens with zero attached hydrogens (tertiary/aromatic N) is 3. The maximum absolute atomic E-state index is 13.9. The average Bonchev–Trinajstić information content (AvgIpc) is 2.40. The minimum atomic E-state index is -4.49. The summed E-state index contributed by atoms with van der Waals surface area (Å²) in [6.07, 6.45) is -4.70. The van der Waals surface area contributed by atoms with Crippen LogP contribution < -0.4 is 11.1 Å². The summed E-state index contributed by atoms with van der Waals surface area (Å²) in [5.74, 6) is -1.68. The molecule has 0 bridgehead atoms. The van der Waals surface area contributed by atoms with Gasteiger partial charge >= 0.3 is 6.18 Å². The molecule has 10 heteroatoms. The number of aromatic nitrogens is 3. The second-order valence-electron chi connectivity index (χ2n) is 4.98. The molecule has 1 aliphatic carbocycles. The lowest BCUT2D eigenvalue weighted by Crippen LogP contribution is -2.34. The van der Waals surface area contributed by atoms with Gasteiger partial charge in [0.1, 0.15) is 18.0 Å². The molecular weight excluding hydrogens is 306 g/mol. The van der Waals surface area contributed by atoms with Crippen molar-refractivity contribution in [3.8, 4) is 0 Å². The molecule has 1 aromatic heterocycles. The number of nitrogens with one attached hydrogen (secondary N) is 1. The lowest BCUT2D eigenvalue weighted by molar-refractivity contribution is -0.138. The molecule has 2 atom stereocenters. The van der Waals surface area contributed by atoms with E-state index in [1.54, 1.807) is 0 Å². The molecule has 1 heterocycles. The quantitative estimate of drug-likeness (QED) is 0.737. The summed E-state index contributed by atoms with van der Waals surface area (Å²) in [4.78, 5) is 11.1. The molecule has 1 aromatic rings. The van der Waals surface area contributed by atoms with E-state index in [0.29, 0.717) is 6.42 Å². The summed E-state index contributed by atoms with van der Waals surface area (Å²) >= 11 is 0. The number of anilines is 2. The van der Waals surface area contributed by atoms with Gasteiger partial charge in [0.05, 0.1) is 0 Å². The Morgan fingerprint density at radius 1 is 1.32 bits per heavy atom. The minimum absolute atomic E-state index is 0.0376. The third kappa shape index (κ3) is 3.62. The molecule has 2 rings (SSSR count). The van der Waals surface area contributed by atoms with E-state index < -0.39 is 30.1 Å². The van der Waals surface area contributed by atoms with Gasteiger partial charge < -0.3 is 16.2 Å². The summed E-state index contributed by atoms with van der Waals surface area (Å²) in [6.45, 7) is 0.893. The number of alkyl halides is 3. The first kappa shape index (κ1) is 16.4. The fourth-order valence-corrected chi connectivity index (χ4v) is 2.01. The Kier molecular flexibility index (Phi) is 4.50. The van der Waals surface area contributed by atoms with Gasteiger partial charge in [-0.15, -0.1) is 0 Å². The second kappa shape index (κ2) is 6.03. The molecule has 0 saturated heterocycles. The number of hydrogen-bond donors (Lipinski definition) is 3. The molecule has 0 spiro atoms. The first-order chi connectivity index (χ1) is 10.2. The van der Waals surface area contributed by atoms with Crippen LogP contribution in [0.1, 0.15) is 32.0 Å². The maximum Gasteiger partial charge on any atom is 0.408 e. The number of hydrogen-bond acceptors (Lipinski definition) is 6. The molecule has 0 amide bonds. The van der Waals surface area contributed by atoms with E-state index in [2.05, 4.69) is 20.3 Å². The van der Waals surface area contributed by atoms with Crippen LogP contribution in [0.4, 0.5) is 29.5 Å². The highest BCUT2D eigenvalue weighted by Gasteiger charge is 2.36. The number of allylic oxidation sites excluding steroid dienone is 1. The summed E-state index contributed by atoms with van der Waals surface area (Å²) in [5.41, 5.74) is 5.48. The molecular formula is C12H15F4N5O. The van der Waals surface area contributed by atoms with Crippen molar-refractivity contribution in [2.24, 2.45) is 0 Å². The van der Waals surface area contributed by atoms with Gasteiger partial charge in [-0.3, -0.25) is 0 Å². The van der Waals surface area contributed by atoms with E-state index in [9.17, 15) is 22.7 Å². The Bertz CT molecular complexity index is 589. The highest BCUT2D eigenvalue weighted by Crippen LogP contribution is 2.32. The van der Waals surface area contributed by atoms with E-state index in [4.69, 9.17) is 5.73 Å².